The quantitative estimate of drug-likeness (QED) is 0.809. The summed E-state index contributed by atoms with van der Waals surface area (Å²) in [5.41, 5.74) is 2.25. The van der Waals surface area contributed by atoms with Gasteiger partial charge in [-0.3, -0.25) is 10.3 Å². The van der Waals surface area contributed by atoms with Gasteiger partial charge in [0.05, 0.1) is 11.6 Å². The first-order valence-electron chi connectivity index (χ1n) is 6.37. The molecule has 1 heterocycles. The second-order valence-corrected chi connectivity index (χ2v) is 4.38. The average molecular weight is 238 g/mol. The van der Waals surface area contributed by atoms with Gasteiger partial charge >= 0.3 is 0 Å². The Morgan fingerprint density at radius 3 is 2.94 bits per heavy atom. The fourth-order valence-electron chi connectivity index (χ4n) is 2.08. The molecule has 1 N–H and O–H groups in total. The maximum Gasteiger partial charge on any atom is 0.0746 e. The first kappa shape index (κ1) is 12.6. The summed E-state index contributed by atoms with van der Waals surface area (Å²) in [5, 5.41) is 4.57. The minimum Gasteiger partial charge on any atom is -0.300 e. The maximum absolute atomic E-state index is 5.51. The number of hydrogen-bond acceptors (Lipinski definition) is 2. The van der Waals surface area contributed by atoms with Crippen molar-refractivity contribution in [1.29, 1.82) is 0 Å². The molecule has 2 aromatic rings. The van der Waals surface area contributed by atoms with E-state index in [4.69, 9.17) is 6.42 Å². The number of para-hydroxylation sites is 1. The van der Waals surface area contributed by atoms with Gasteiger partial charge in [-0.05, 0) is 18.1 Å². The number of nitrogens with zero attached hydrogens (tertiary/aromatic N) is 1. The molecule has 18 heavy (non-hydrogen) atoms. The highest BCUT2D eigenvalue weighted by atomic mass is 14.9. The fourth-order valence-corrected chi connectivity index (χ4v) is 2.08. The standard InChI is InChI=1S/C16H18N2/c1-3-7-15(4-2)18-12-14-9-5-8-13-10-6-11-17-16(13)14/h2,5-6,8-11,15,18H,3,7,12H2,1H3. The number of hydrogen-bond donors (Lipinski definition) is 1. The van der Waals surface area contributed by atoms with E-state index in [-0.39, 0.29) is 6.04 Å². The zero-order valence-electron chi connectivity index (χ0n) is 10.7. The molecule has 0 saturated heterocycles. The first-order valence-corrected chi connectivity index (χ1v) is 6.37. The van der Waals surface area contributed by atoms with Crippen molar-refractivity contribution in [3.63, 3.8) is 0 Å². The highest BCUT2D eigenvalue weighted by Crippen LogP contribution is 2.15. The minimum absolute atomic E-state index is 0.147. The molecule has 0 spiro atoms. The Hall–Kier alpha value is -1.85. The maximum atomic E-state index is 5.51. The van der Waals surface area contributed by atoms with Gasteiger partial charge in [-0.2, -0.15) is 0 Å². The summed E-state index contributed by atoms with van der Waals surface area (Å²) < 4.78 is 0. The highest BCUT2D eigenvalue weighted by Gasteiger charge is 2.05. The molecule has 1 unspecified atom stereocenters. The molecule has 1 atom stereocenters. The van der Waals surface area contributed by atoms with Crippen LogP contribution in [0.5, 0.6) is 0 Å². The van der Waals surface area contributed by atoms with Crippen molar-refractivity contribution in [1.82, 2.24) is 10.3 Å². The van der Waals surface area contributed by atoms with Crippen LogP contribution in [0.15, 0.2) is 36.5 Å². The number of rotatable bonds is 5. The Bertz CT molecular complexity index is 549. The number of pyridine rings is 1. The summed E-state index contributed by atoms with van der Waals surface area (Å²) in [6.07, 6.45) is 9.44. The van der Waals surface area contributed by atoms with Crippen LogP contribution >= 0.6 is 0 Å². The van der Waals surface area contributed by atoms with Crippen LogP contribution in [0.3, 0.4) is 0 Å². The van der Waals surface area contributed by atoms with E-state index >= 15 is 0 Å². The molecule has 0 saturated carbocycles. The van der Waals surface area contributed by atoms with E-state index in [1.807, 2.05) is 12.3 Å². The SMILES string of the molecule is C#CC(CCC)NCc1cccc2cccnc12. The Morgan fingerprint density at radius 2 is 2.17 bits per heavy atom. The van der Waals surface area contributed by atoms with Crippen molar-refractivity contribution in [2.45, 2.75) is 32.4 Å². The number of fused-ring (bicyclic) bond motifs is 1. The van der Waals surface area contributed by atoms with E-state index in [1.54, 1.807) is 0 Å². The lowest BCUT2D eigenvalue weighted by Crippen LogP contribution is -2.26. The summed E-state index contributed by atoms with van der Waals surface area (Å²) in [6, 6.07) is 10.4. The van der Waals surface area contributed by atoms with Gasteiger partial charge in [-0.25, -0.2) is 0 Å². The third kappa shape index (κ3) is 2.88. The van der Waals surface area contributed by atoms with Crippen LogP contribution < -0.4 is 5.32 Å². The molecule has 0 aliphatic carbocycles. The van der Waals surface area contributed by atoms with Gasteiger partial charge in [0, 0.05) is 18.1 Å². The molecule has 0 amide bonds. The van der Waals surface area contributed by atoms with E-state index in [0.717, 1.165) is 24.9 Å². The smallest absolute Gasteiger partial charge is 0.0746 e. The molecule has 2 rings (SSSR count). The molecule has 0 aliphatic rings. The van der Waals surface area contributed by atoms with Crippen molar-refractivity contribution in [3.8, 4) is 12.3 Å². The van der Waals surface area contributed by atoms with Crippen molar-refractivity contribution >= 4 is 10.9 Å². The zero-order valence-corrected chi connectivity index (χ0v) is 10.7. The molecule has 2 nitrogen and oxygen atoms in total. The van der Waals surface area contributed by atoms with Crippen molar-refractivity contribution < 1.29 is 0 Å². The largest absolute Gasteiger partial charge is 0.300 e. The van der Waals surface area contributed by atoms with E-state index in [0.29, 0.717) is 0 Å². The van der Waals surface area contributed by atoms with Crippen LogP contribution in [0.25, 0.3) is 10.9 Å². The van der Waals surface area contributed by atoms with Crippen LogP contribution in [0.4, 0.5) is 0 Å². The molecular formula is C16H18N2. The zero-order chi connectivity index (χ0) is 12.8. The molecular weight excluding hydrogens is 220 g/mol. The number of terminal acetylenes is 1. The number of benzene rings is 1. The first-order chi connectivity index (χ1) is 8.85. The molecule has 0 bridgehead atoms. The summed E-state index contributed by atoms with van der Waals surface area (Å²) in [5.74, 6) is 2.79. The fraction of sp³-hybridized carbons (Fsp3) is 0.312. The lowest BCUT2D eigenvalue weighted by Gasteiger charge is -2.12. The minimum atomic E-state index is 0.147. The summed E-state index contributed by atoms with van der Waals surface area (Å²) in [7, 11) is 0. The normalized spacial score (nSPS) is 12.2. The average Bonchev–Trinajstić information content (AvgIpc) is 2.43. The van der Waals surface area contributed by atoms with Crippen LogP contribution in [0.1, 0.15) is 25.3 Å². The van der Waals surface area contributed by atoms with Gasteiger partial charge in [0.15, 0.2) is 0 Å². The van der Waals surface area contributed by atoms with Gasteiger partial charge in [0.1, 0.15) is 0 Å². The van der Waals surface area contributed by atoms with E-state index < -0.39 is 0 Å². The van der Waals surface area contributed by atoms with Gasteiger partial charge in [-0.15, -0.1) is 6.42 Å². The van der Waals surface area contributed by atoms with Crippen LogP contribution in [-0.2, 0) is 6.54 Å². The summed E-state index contributed by atoms with van der Waals surface area (Å²) in [4.78, 5) is 4.44. The predicted octanol–water partition coefficient (Wildman–Crippen LogP) is 3.13. The van der Waals surface area contributed by atoms with Crippen LogP contribution in [0.2, 0.25) is 0 Å². The highest BCUT2D eigenvalue weighted by molar-refractivity contribution is 5.81. The molecule has 2 heteroatoms. The number of nitrogens with one attached hydrogen (secondary N) is 1. The van der Waals surface area contributed by atoms with E-state index in [9.17, 15) is 0 Å². The molecule has 1 aromatic carbocycles. The molecule has 92 valence electrons. The van der Waals surface area contributed by atoms with Crippen molar-refractivity contribution in [2.75, 3.05) is 0 Å². The third-order valence-corrected chi connectivity index (χ3v) is 3.03. The predicted molar refractivity (Wildman–Crippen MR) is 76.1 cm³/mol. The van der Waals surface area contributed by atoms with Gasteiger partial charge in [-0.1, -0.05) is 43.5 Å². The third-order valence-electron chi connectivity index (χ3n) is 3.03. The number of aromatic nitrogens is 1. The molecule has 0 fully saturated rings. The lowest BCUT2D eigenvalue weighted by molar-refractivity contribution is 0.564. The van der Waals surface area contributed by atoms with Gasteiger partial charge < -0.3 is 0 Å². The summed E-state index contributed by atoms with van der Waals surface area (Å²) >= 11 is 0. The summed E-state index contributed by atoms with van der Waals surface area (Å²) in [6.45, 7) is 2.91. The molecule has 0 aliphatic heterocycles. The Balaban J connectivity index is 2.15. The topological polar surface area (TPSA) is 24.9 Å². The Morgan fingerprint density at radius 1 is 1.33 bits per heavy atom. The lowest BCUT2D eigenvalue weighted by atomic mass is 10.1. The van der Waals surface area contributed by atoms with E-state index in [2.05, 4.69) is 47.4 Å². The van der Waals surface area contributed by atoms with Crippen LogP contribution in [-0.4, -0.2) is 11.0 Å². The second kappa shape index (κ2) is 6.18. The van der Waals surface area contributed by atoms with Gasteiger partial charge in [0.25, 0.3) is 0 Å². The van der Waals surface area contributed by atoms with E-state index in [1.165, 1.54) is 10.9 Å². The molecule has 1 aromatic heterocycles. The monoisotopic (exact) mass is 238 g/mol. The molecule has 0 radical (unpaired) electrons. The van der Waals surface area contributed by atoms with Crippen LogP contribution in [0, 0.1) is 12.3 Å². The van der Waals surface area contributed by atoms with Gasteiger partial charge in [0.2, 0.25) is 0 Å². The van der Waals surface area contributed by atoms with Crippen molar-refractivity contribution in [3.05, 3.63) is 42.1 Å². The Labute approximate surface area is 108 Å². The Kier molecular flexibility index (Phi) is 4.33. The second-order valence-electron chi connectivity index (χ2n) is 4.38. The van der Waals surface area contributed by atoms with Crippen molar-refractivity contribution in [2.24, 2.45) is 0 Å².